The molecule has 5 atom stereocenters. The molecule has 3 heterocycles. The molecular weight excluding hydrogens is 514 g/mol. The normalized spacial score (nSPS) is 23.6. The number of nitrogens with zero attached hydrogens (tertiary/aromatic N) is 3. The number of carbonyl (C=O) groups is 1. The third-order valence-electron chi connectivity index (χ3n) is 8.54. The van der Waals surface area contributed by atoms with E-state index in [2.05, 4.69) is 16.3 Å². The lowest BCUT2D eigenvalue weighted by Crippen LogP contribution is -2.62. The Labute approximate surface area is 233 Å². The fraction of sp³-hybridized carbons (Fsp3) is 0.448. The summed E-state index contributed by atoms with van der Waals surface area (Å²) in [4.78, 5) is 16.5. The SMILES string of the molecule is COc1c(C)cc2c(c1O)[C@@H]1C3=Cc4c(O)c(C)c(OC)c(O)c4[C@H](CNC(=O)C(C)N)N3[C@@H](C#N)C(C2)N1C. The highest BCUT2D eigenvalue weighted by molar-refractivity contribution is 5.81. The Morgan fingerprint density at radius 2 is 1.82 bits per heavy atom. The molecule has 212 valence electrons. The Morgan fingerprint density at radius 1 is 1.18 bits per heavy atom. The van der Waals surface area contributed by atoms with Gasteiger partial charge in [0.05, 0.1) is 38.4 Å². The number of piperazine rings is 1. The van der Waals surface area contributed by atoms with E-state index in [0.717, 1.165) is 11.1 Å². The smallest absolute Gasteiger partial charge is 0.236 e. The lowest BCUT2D eigenvalue weighted by Gasteiger charge is -2.57. The molecule has 11 heteroatoms. The summed E-state index contributed by atoms with van der Waals surface area (Å²) in [5.41, 5.74) is 9.85. The Bertz CT molecular complexity index is 1480. The van der Waals surface area contributed by atoms with Crippen molar-refractivity contribution in [3.8, 4) is 34.8 Å². The fourth-order valence-corrected chi connectivity index (χ4v) is 6.66. The second-order valence-corrected chi connectivity index (χ2v) is 10.8. The van der Waals surface area contributed by atoms with Crippen LogP contribution in [0.15, 0.2) is 11.8 Å². The maximum atomic E-state index is 12.6. The van der Waals surface area contributed by atoms with Gasteiger partial charge in [-0.1, -0.05) is 6.07 Å². The maximum absolute atomic E-state index is 12.6. The van der Waals surface area contributed by atoms with Crippen LogP contribution in [0.5, 0.6) is 28.7 Å². The fourth-order valence-electron chi connectivity index (χ4n) is 6.66. The van der Waals surface area contributed by atoms with E-state index < -0.39 is 30.1 Å². The van der Waals surface area contributed by atoms with Crippen molar-refractivity contribution in [2.75, 3.05) is 27.8 Å². The van der Waals surface area contributed by atoms with Crippen molar-refractivity contribution in [1.82, 2.24) is 15.1 Å². The Balaban J connectivity index is 1.81. The van der Waals surface area contributed by atoms with Crippen LogP contribution in [0.25, 0.3) is 6.08 Å². The van der Waals surface area contributed by atoms with E-state index in [0.29, 0.717) is 40.1 Å². The topological polar surface area (TPSA) is 165 Å². The highest BCUT2D eigenvalue weighted by Gasteiger charge is 2.53. The van der Waals surface area contributed by atoms with Gasteiger partial charge in [0.2, 0.25) is 5.91 Å². The highest BCUT2D eigenvalue weighted by Crippen LogP contribution is 2.57. The Morgan fingerprint density at radius 3 is 2.42 bits per heavy atom. The number of phenolic OH excluding ortho intramolecular Hbond substituents is 3. The second-order valence-electron chi connectivity index (χ2n) is 10.8. The summed E-state index contributed by atoms with van der Waals surface area (Å²) in [6.07, 6.45) is 2.24. The molecular formula is C29H35N5O6. The first-order valence-corrected chi connectivity index (χ1v) is 13.1. The summed E-state index contributed by atoms with van der Waals surface area (Å²) < 4.78 is 11.0. The van der Waals surface area contributed by atoms with Gasteiger partial charge in [0.15, 0.2) is 23.0 Å². The molecule has 1 amide bonds. The highest BCUT2D eigenvalue weighted by atomic mass is 16.5. The van der Waals surface area contributed by atoms with Crippen LogP contribution >= 0.6 is 0 Å². The van der Waals surface area contributed by atoms with Crippen LogP contribution in [0.3, 0.4) is 0 Å². The van der Waals surface area contributed by atoms with E-state index in [1.165, 1.54) is 14.2 Å². The first kappa shape index (κ1) is 27.4. The molecule has 6 N–H and O–H groups in total. The molecule has 11 nitrogen and oxygen atoms in total. The summed E-state index contributed by atoms with van der Waals surface area (Å²) in [6, 6.07) is 1.45. The molecule has 0 spiro atoms. The number of methoxy groups -OCH3 is 2. The van der Waals surface area contributed by atoms with Crippen molar-refractivity contribution in [3.05, 3.63) is 45.1 Å². The number of fused-ring (bicyclic) bond motifs is 7. The number of nitriles is 1. The monoisotopic (exact) mass is 549 g/mol. The molecule has 2 bridgehead atoms. The Hall–Kier alpha value is -4.14. The van der Waals surface area contributed by atoms with Gasteiger partial charge in [-0.15, -0.1) is 0 Å². The number of aromatic hydroxyl groups is 3. The third-order valence-corrected chi connectivity index (χ3v) is 8.54. The van der Waals surface area contributed by atoms with E-state index in [4.69, 9.17) is 15.2 Å². The molecule has 2 aromatic carbocycles. The quantitative estimate of drug-likeness (QED) is 0.349. The number of nitrogens with one attached hydrogen (secondary N) is 1. The molecule has 1 saturated heterocycles. The number of likely N-dealkylation sites (N-methyl/N-ethyl adjacent to an activating group) is 1. The lowest BCUT2D eigenvalue weighted by molar-refractivity contribution is -0.122. The van der Waals surface area contributed by atoms with Gasteiger partial charge in [-0.3, -0.25) is 9.69 Å². The summed E-state index contributed by atoms with van der Waals surface area (Å²) in [7, 11) is 4.82. The zero-order chi connectivity index (χ0) is 29.2. The first-order chi connectivity index (χ1) is 19.0. The molecule has 40 heavy (non-hydrogen) atoms. The van der Waals surface area contributed by atoms with Crippen LogP contribution in [0.4, 0.5) is 0 Å². The summed E-state index contributed by atoms with van der Waals surface area (Å²) >= 11 is 0. The van der Waals surface area contributed by atoms with Gasteiger partial charge in [-0.2, -0.15) is 5.26 Å². The maximum Gasteiger partial charge on any atom is 0.236 e. The lowest BCUT2D eigenvalue weighted by atomic mass is 9.75. The zero-order valence-electron chi connectivity index (χ0n) is 23.4. The molecule has 0 saturated carbocycles. The average Bonchev–Trinajstić information content (AvgIpc) is 2.91. The number of aryl methyl sites for hydroxylation is 1. The first-order valence-electron chi connectivity index (χ1n) is 13.1. The van der Waals surface area contributed by atoms with E-state index >= 15 is 0 Å². The van der Waals surface area contributed by atoms with E-state index in [9.17, 15) is 25.4 Å². The molecule has 0 aliphatic carbocycles. The number of hydrogen-bond acceptors (Lipinski definition) is 10. The minimum absolute atomic E-state index is 0.00131. The van der Waals surface area contributed by atoms with Crippen molar-refractivity contribution in [2.24, 2.45) is 5.73 Å². The molecule has 0 aromatic heterocycles. The van der Waals surface area contributed by atoms with Crippen LogP contribution in [0.2, 0.25) is 0 Å². The summed E-state index contributed by atoms with van der Waals surface area (Å²) in [5.74, 6) is -0.147. The third kappa shape index (κ3) is 3.74. The van der Waals surface area contributed by atoms with Gasteiger partial charge in [-0.05, 0) is 51.4 Å². The Kier molecular flexibility index (Phi) is 6.72. The van der Waals surface area contributed by atoms with E-state index in [-0.39, 0.29) is 35.6 Å². The van der Waals surface area contributed by atoms with Crippen molar-refractivity contribution >= 4 is 12.0 Å². The molecule has 1 fully saturated rings. The number of benzene rings is 2. The molecule has 2 aromatic rings. The summed E-state index contributed by atoms with van der Waals surface area (Å²) in [5, 5.41) is 47.5. The van der Waals surface area contributed by atoms with Gasteiger partial charge >= 0.3 is 0 Å². The number of rotatable bonds is 5. The van der Waals surface area contributed by atoms with Crippen LogP contribution < -0.4 is 20.5 Å². The van der Waals surface area contributed by atoms with Crippen molar-refractivity contribution in [3.63, 3.8) is 0 Å². The molecule has 3 aliphatic heterocycles. The second kappa shape index (κ2) is 9.80. The number of carbonyl (C=O) groups excluding carboxylic acids is 1. The zero-order valence-corrected chi connectivity index (χ0v) is 23.4. The van der Waals surface area contributed by atoms with Crippen molar-refractivity contribution in [1.29, 1.82) is 5.26 Å². The molecule has 5 rings (SSSR count). The average molecular weight is 550 g/mol. The van der Waals surface area contributed by atoms with Gasteiger partial charge in [0.1, 0.15) is 11.8 Å². The largest absolute Gasteiger partial charge is 0.507 e. The van der Waals surface area contributed by atoms with Gasteiger partial charge in [0, 0.05) is 40.5 Å². The molecule has 0 radical (unpaired) electrons. The standard InChI is InChI=1S/C29H35N5O6/c1-12-7-15-8-17-19(10-30)34-18(23(33(17)4)21(15)25(36)27(12)39-5)9-16-22(20(34)11-32-29(38)14(3)31)26(37)28(40-6)13(2)24(16)35/h7,9,14,17,19-20,23,35-37H,8,11,31H2,1-6H3,(H,32,38)/t14?,17?,19-,20-,23-/m0/s1. The van der Waals surface area contributed by atoms with E-state index in [1.807, 2.05) is 24.9 Å². The molecule has 3 aliphatic rings. The predicted molar refractivity (Wildman–Crippen MR) is 147 cm³/mol. The molecule has 2 unspecified atom stereocenters. The number of phenols is 3. The van der Waals surface area contributed by atoms with Crippen molar-refractivity contribution < 1.29 is 29.6 Å². The van der Waals surface area contributed by atoms with Crippen LogP contribution in [0, 0.1) is 25.2 Å². The number of ether oxygens (including phenoxy) is 2. The predicted octanol–water partition coefficient (Wildman–Crippen LogP) is 2.10. The van der Waals surface area contributed by atoms with Crippen LogP contribution in [0.1, 0.15) is 52.4 Å². The minimum atomic E-state index is -0.772. The summed E-state index contributed by atoms with van der Waals surface area (Å²) in [6.45, 7) is 5.08. The van der Waals surface area contributed by atoms with Gasteiger partial charge < -0.3 is 40.7 Å². The van der Waals surface area contributed by atoms with E-state index in [1.54, 1.807) is 19.9 Å². The van der Waals surface area contributed by atoms with Crippen LogP contribution in [-0.4, -0.2) is 77.0 Å². The van der Waals surface area contributed by atoms with Gasteiger partial charge in [0.25, 0.3) is 0 Å². The number of amides is 1. The minimum Gasteiger partial charge on any atom is -0.507 e. The van der Waals surface area contributed by atoms with Crippen LogP contribution in [-0.2, 0) is 11.2 Å². The number of nitrogens with two attached hydrogens (primary N) is 1. The van der Waals surface area contributed by atoms with Gasteiger partial charge in [-0.25, -0.2) is 0 Å². The number of hydrogen-bond donors (Lipinski definition) is 5. The van der Waals surface area contributed by atoms with Crippen molar-refractivity contribution in [2.45, 2.75) is 57.4 Å².